The van der Waals surface area contributed by atoms with E-state index in [1.165, 1.54) is 0 Å². The topological polar surface area (TPSA) is 29.5 Å². The first-order valence-electron chi connectivity index (χ1n) is 5.08. The normalized spacial score (nSPS) is 27.2. The van der Waals surface area contributed by atoms with Crippen LogP contribution >= 0.6 is 11.6 Å². The van der Waals surface area contributed by atoms with Crippen LogP contribution in [0.2, 0.25) is 0 Å². The molecule has 98 valence electrons. The summed E-state index contributed by atoms with van der Waals surface area (Å²) >= 11 is 5.35. The number of allylic oxidation sites excluding steroid dienone is 1. The van der Waals surface area contributed by atoms with E-state index in [2.05, 4.69) is 0 Å². The fourth-order valence-electron chi connectivity index (χ4n) is 1.68. The van der Waals surface area contributed by atoms with Crippen molar-refractivity contribution in [3.05, 3.63) is 11.2 Å². The third-order valence-electron chi connectivity index (χ3n) is 2.22. The van der Waals surface area contributed by atoms with Crippen LogP contribution in [0, 0.1) is 0 Å². The molecule has 0 unspecified atom stereocenters. The Morgan fingerprint density at radius 1 is 1.35 bits per heavy atom. The van der Waals surface area contributed by atoms with E-state index in [9.17, 15) is 18.0 Å². The highest BCUT2D eigenvalue weighted by Crippen LogP contribution is 2.23. The molecule has 1 rings (SSSR count). The molecule has 1 aliphatic heterocycles. The average Bonchev–Trinajstić information content (AvgIpc) is 2.13. The van der Waals surface area contributed by atoms with Crippen molar-refractivity contribution in [3.63, 3.8) is 0 Å². The van der Waals surface area contributed by atoms with Gasteiger partial charge in [-0.05, 0) is 13.8 Å². The molecule has 1 heterocycles. The van der Waals surface area contributed by atoms with Crippen molar-refractivity contribution in [1.82, 2.24) is 4.90 Å². The maximum absolute atomic E-state index is 12.1. The summed E-state index contributed by atoms with van der Waals surface area (Å²) in [5, 5.41) is -0.821. The summed E-state index contributed by atoms with van der Waals surface area (Å²) in [7, 11) is 0. The van der Waals surface area contributed by atoms with E-state index < -0.39 is 17.0 Å². The summed E-state index contributed by atoms with van der Waals surface area (Å²) in [5.41, 5.74) is 0. The van der Waals surface area contributed by atoms with Gasteiger partial charge in [-0.15, -0.1) is 0 Å². The van der Waals surface area contributed by atoms with Gasteiger partial charge in [0.05, 0.1) is 12.2 Å². The molecular weight excluding hydrogens is 259 g/mol. The largest absolute Gasteiger partial charge is 0.455 e. The Balaban J connectivity index is 2.71. The first-order valence-corrected chi connectivity index (χ1v) is 5.46. The predicted octanol–water partition coefficient (Wildman–Crippen LogP) is 2.31. The maximum Gasteiger partial charge on any atom is 0.455 e. The number of alkyl halides is 3. The molecule has 0 bridgehead atoms. The van der Waals surface area contributed by atoms with Gasteiger partial charge in [-0.3, -0.25) is 4.79 Å². The summed E-state index contributed by atoms with van der Waals surface area (Å²) in [6, 6.07) is 0. The highest BCUT2D eigenvalue weighted by Gasteiger charge is 2.40. The molecule has 17 heavy (non-hydrogen) atoms. The molecule has 0 radical (unpaired) electrons. The first kappa shape index (κ1) is 14.3. The van der Waals surface area contributed by atoms with Crippen molar-refractivity contribution in [2.75, 3.05) is 13.1 Å². The molecule has 0 saturated carbocycles. The monoisotopic (exact) mass is 271 g/mol. The molecule has 1 aliphatic rings. The molecule has 1 fully saturated rings. The number of carbonyl (C=O) groups excluding carboxylic acids is 1. The van der Waals surface area contributed by atoms with E-state index in [0.29, 0.717) is 13.1 Å². The average molecular weight is 272 g/mol. The molecule has 0 N–H and O–H groups in total. The molecule has 0 aromatic heterocycles. The second-order valence-corrected chi connectivity index (χ2v) is 4.42. The second kappa shape index (κ2) is 5.27. The number of halogens is 4. The van der Waals surface area contributed by atoms with Gasteiger partial charge in [-0.2, -0.15) is 13.2 Å². The number of nitrogens with zero attached hydrogens (tertiary/aromatic N) is 1. The van der Waals surface area contributed by atoms with Gasteiger partial charge in [-0.1, -0.05) is 11.6 Å². The van der Waals surface area contributed by atoms with Gasteiger partial charge in [0.15, 0.2) is 0 Å². The fraction of sp³-hybridized carbons (Fsp3) is 0.700. The van der Waals surface area contributed by atoms with Crippen molar-refractivity contribution in [2.45, 2.75) is 32.2 Å². The number of ether oxygens (including phenoxy) is 1. The molecule has 3 nitrogen and oxygen atoms in total. The minimum atomic E-state index is -4.93. The van der Waals surface area contributed by atoms with Gasteiger partial charge in [0.1, 0.15) is 5.03 Å². The zero-order valence-electron chi connectivity index (χ0n) is 9.42. The van der Waals surface area contributed by atoms with Crippen LogP contribution in [0.4, 0.5) is 13.2 Å². The van der Waals surface area contributed by atoms with Crippen LogP contribution in [0.3, 0.4) is 0 Å². The van der Waals surface area contributed by atoms with E-state index in [1.807, 2.05) is 0 Å². The van der Waals surface area contributed by atoms with Crippen LogP contribution in [0.15, 0.2) is 11.2 Å². The highest BCUT2D eigenvalue weighted by molar-refractivity contribution is 6.43. The standard InChI is InChI=1S/C10H13ClF3NO2/c1-6-3-15(4-7(2)17-6)5-8(11)9(16)10(12,13)14/h5-7H,3-4H2,1-2H3/b8-5-/t6-,7-/m1/s1. The van der Waals surface area contributed by atoms with Crippen LogP contribution in [0.25, 0.3) is 0 Å². The van der Waals surface area contributed by atoms with Gasteiger partial charge >= 0.3 is 6.18 Å². The Labute approximate surface area is 102 Å². The minimum absolute atomic E-state index is 0.111. The number of Topliss-reactive ketones (excluding diaryl/α,β-unsaturated/α-hetero) is 1. The Hall–Kier alpha value is -0.750. The summed E-state index contributed by atoms with van der Waals surface area (Å²) in [4.78, 5) is 12.4. The van der Waals surface area contributed by atoms with Gasteiger partial charge in [0, 0.05) is 19.3 Å². The van der Waals surface area contributed by atoms with E-state index in [4.69, 9.17) is 16.3 Å². The smallest absolute Gasteiger partial charge is 0.372 e. The molecular formula is C10H13ClF3NO2. The lowest BCUT2D eigenvalue weighted by atomic mass is 10.2. The molecule has 0 aromatic carbocycles. The molecule has 7 heteroatoms. The summed E-state index contributed by atoms with van der Waals surface area (Å²) in [6.07, 6.45) is -4.12. The molecule has 0 spiro atoms. The minimum Gasteiger partial charge on any atom is -0.372 e. The van der Waals surface area contributed by atoms with Crippen LogP contribution < -0.4 is 0 Å². The van der Waals surface area contributed by atoms with Crippen LogP contribution in [-0.4, -0.2) is 42.2 Å². The maximum atomic E-state index is 12.1. The number of hydrogen-bond acceptors (Lipinski definition) is 3. The number of ketones is 1. The van der Waals surface area contributed by atoms with E-state index in [-0.39, 0.29) is 12.2 Å². The Kier molecular flexibility index (Phi) is 4.43. The third kappa shape index (κ3) is 4.20. The van der Waals surface area contributed by atoms with Crippen molar-refractivity contribution in [1.29, 1.82) is 0 Å². The number of hydrogen-bond donors (Lipinski definition) is 0. The van der Waals surface area contributed by atoms with Crippen LogP contribution in [0.1, 0.15) is 13.8 Å². The van der Waals surface area contributed by atoms with Gasteiger partial charge in [0.25, 0.3) is 5.78 Å². The van der Waals surface area contributed by atoms with Gasteiger partial charge in [0.2, 0.25) is 0 Å². The lowest BCUT2D eigenvalue weighted by molar-refractivity contribution is -0.165. The number of rotatable bonds is 2. The summed E-state index contributed by atoms with van der Waals surface area (Å²) in [5.74, 6) is -2.02. The zero-order valence-corrected chi connectivity index (χ0v) is 10.2. The van der Waals surface area contributed by atoms with Crippen LogP contribution in [-0.2, 0) is 9.53 Å². The highest BCUT2D eigenvalue weighted by atomic mass is 35.5. The van der Waals surface area contributed by atoms with Gasteiger partial charge in [-0.25, -0.2) is 0 Å². The lowest BCUT2D eigenvalue weighted by Crippen LogP contribution is -2.43. The van der Waals surface area contributed by atoms with E-state index in [1.54, 1.807) is 18.7 Å². The van der Waals surface area contributed by atoms with Crippen molar-refractivity contribution in [3.8, 4) is 0 Å². The van der Waals surface area contributed by atoms with Crippen molar-refractivity contribution < 1.29 is 22.7 Å². The second-order valence-electron chi connectivity index (χ2n) is 4.02. The number of carbonyl (C=O) groups is 1. The zero-order chi connectivity index (χ0) is 13.2. The summed E-state index contributed by atoms with van der Waals surface area (Å²) in [6.45, 7) is 4.42. The Bertz CT molecular complexity index is 320. The molecule has 1 saturated heterocycles. The third-order valence-corrected chi connectivity index (χ3v) is 2.49. The Morgan fingerprint density at radius 3 is 2.24 bits per heavy atom. The quantitative estimate of drug-likeness (QED) is 0.722. The fourth-order valence-corrected chi connectivity index (χ4v) is 1.92. The van der Waals surface area contributed by atoms with Gasteiger partial charge < -0.3 is 9.64 Å². The Morgan fingerprint density at radius 2 is 1.82 bits per heavy atom. The first-order chi connectivity index (χ1) is 7.70. The van der Waals surface area contributed by atoms with E-state index in [0.717, 1.165) is 6.20 Å². The van der Waals surface area contributed by atoms with Crippen molar-refractivity contribution in [2.24, 2.45) is 0 Å². The lowest BCUT2D eigenvalue weighted by Gasteiger charge is -2.34. The summed E-state index contributed by atoms with van der Waals surface area (Å²) < 4.78 is 41.7. The molecule has 0 amide bonds. The van der Waals surface area contributed by atoms with E-state index >= 15 is 0 Å². The number of morpholine rings is 1. The van der Waals surface area contributed by atoms with Crippen molar-refractivity contribution >= 4 is 17.4 Å². The predicted molar refractivity (Wildman–Crippen MR) is 56.6 cm³/mol. The molecule has 0 aromatic rings. The molecule has 0 aliphatic carbocycles. The SMILES string of the molecule is C[C@@H]1CN(/C=C(\Cl)C(=O)C(F)(F)F)C[C@@H](C)O1. The van der Waals surface area contributed by atoms with Crippen LogP contribution in [0.5, 0.6) is 0 Å². The molecule has 2 atom stereocenters.